The van der Waals surface area contributed by atoms with E-state index in [4.69, 9.17) is 0 Å². The molecule has 0 amide bonds. The van der Waals surface area contributed by atoms with Gasteiger partial charge in [0.1, 0.15) is 12.1 Å². The Hall–Kier alpha value is -1.22. The summed E-state index contributed by atoms with van der Waals surface area (Å²) in [6, 6.07) is 6.59. The van der Waals surface area contributed by atoms with Crippen molar-refractivity contribution in [1.29, 1.82) is 0 Å². The average Bonchev–Trinajstić information content (AvgIpc) is 2.29. The second-order valence-corrected chi connectivity index (χ2v) is 5.32. The maximum absolute atomic E-state index is 13.1. The number of halogens is 1. The summed E-state index contributed by atoms with van der Waals surface area (Å²) < 4.78 is 13.1. The predicted octanol–water partition coefficient (Wildman–Crippen LogP) is 3.26. The monoisotopic (exact) mass is 251 g/mol. The van der Waals surface area contributed by atoms with Crippen LogP contribution in [-0.2, 0) is 11.3 Å². The lowest BCUT2D eigenvalue weighted by Gasteiger charge is -2.28. The molecular weight excluding hydrogens is 229 g/mol. The minimum atomic E-state index is -0.309. The first-order chi connectivity index (χ1) is 8.49. The van der Waals surface area contributed by atoms with Gasteiger partial charge in [0.25, 0.3) is 0 Å². The molecular formula is C15H22FNO. The van der Waals surface area contributed by atoms with Gasteiger partial charge in [0.15, 0.2) is 0 Å². The van der Waals surface area contributed by atoms with Crippen molar-refractivity contribution in [3.05, 3.63) is 35.6 Å². The summed E-state index contributed by atoms with van der Waals surface area (Å²) in [5.41, 5.74) is 0.624. The van der Waals surface area contributed by atoms with Crippen molar-refractivity contribution in [2.75, 3.05) is 13.6 Å². The van der Waals surface area contributed by atoms with E-state index < -0.39 is 0 Å². The van der Waals surface area contributed by atoms with Crippen LogP contribution in [0.5, 0.6) is 0 Å². The van der Waals surface area contributed by atoms with Gasteiger partial charge in [0.05, 0.1) is 0 Å². The molecule has 1 rings (SSSR count). The molecule has 100 valence electrons. The number of hydrogen-bond donors (Lipinski definition) is 0. The van der Waals surface area contributed by atoms with E-state index >= 15 is 0 Å². The van der Waals surface area contributed by atoms with Gasteiger partial charge in [-0.15, -0.1) is 0 Å². The molecule has 0 saturated carbocycles. The zero-order valence-electron chi connectivity index (χ0n) is 11.4. The predicted molar refractivity (Wildman–Crippen MR) is 71.8 cm³/mol. The summed E-state index contributed by atoms with van der Waals surface area (Å²) in [5, 5.41) is 0. The molecule has 0 fully saturated rings. The molecule has 0 N–H and O–H groups in total. The molecule has 0 aliphatic carbocycles. The van der Waals surface area contributed by atoms with Crippen molar-refractivity contribution in [2.24, 2.45) is 5.41 Å². The highest BCUT2D eigenvalue weighted by molar-refractivity contribution is 5.58. The first-order valence-corrected chi connectivity index (χ1v) is 6.38. The molecule has 0 aliphatic heterocycles. The number of carbonyl (C=O) groups excluding carboxylic acids is 1. The summed E-state index contributed by atoms with van der Waals surface area (Å²) in [6.45, 7) is 5.41. The highest BCUT2D eigenvalue weighted by Crippen LogP contribution is 2.22. The van der Waals surface area contributed by atoms with Gasteiger partial charge in [-0.3, -0.25) is 0 Å². The molecule has 0 spiro atoms. The van der Waals surface area contributed by atoms with Crippen molar-refractivity contribution >= 4 is 6.29 Å². The molecule has 1 atom stereocenters. The van der Waals surface area contributed by atoms with Crippen molar-refractivity contribution in [2.45, 2.75) is 33.2 Å². The van der Waals surface area contributed by atoms with E-state index in [-0.39, 0.29) is 11.2 Å². The van der Waals surface area contributed by atoms with Crippen LogP contribution in [0.4, 0.5) is 4.39 Å². The molecule has 0 aliphatic rings. The Kier molecular flexibility index (Phi) is 5.48. The van der Waals surface area contributed by atoms with Crippen LogP contribution in [0.25, 0.3) is 0 Å². The SMILES string of the molecule is CCCC(C)(C=O)CN(C)Cc1cccc(F)c1. The number of rotatable bonds is 7. The largest absolute Gasteiger partial charge is 0.303 e. The maximum atomic E-state index is 13.1. The number of carbonyl (C=O) groups is 1. The topological polar surface area (TPSA) is 20.3 Å². The van der Waals surface area contributed by atoms with Gasteiger partial charge in [-0.25, -0.2) is 4.39 Å². The van der Waals surface area contributed by atoms with E-state index in [9.17, 15) is 9.18 Å². The molecule has 0 heterocycles. The van der Waals surface area contributed by atoms with Crippen LogP contribution in [-0.4, -0.2) is 24.8 Å². The third-order valence-electron chi connectivity index (χ3n) is 3.08. The minimum Gasteiger partial charge on any atom is -0.303 e. The van der Waals surface area contributed by atoms with Gasteiger partial charge in [-0.2, -0.15) is 0 Å². The molecule has 0 saturated heterocycles. The number of aldehydes is 1. The van der Waals surface area contributed by atoms with Crippen molar-refractivity contribution < 1.29 is 9.18 Å². The summed E-state index contributed by atoms with van der Waals surface area (Å²) in [7, 11) is 1.96. The van der Waals surface area contributed by atoms with Crippen LogP contribution in [0.1, 0.15) is 32.3 Å². The Morgan fingerprint density at radius 3 is 2.72 bits per heavy atom. The Bertz CT molecular complexity index is 394. The lowest BCUT2D eigenvalue weighted by atomic mass is 9.87. The molecule has 1 aromatic rings. The zero-order chi connectivity index (χ0) is 13.6. The van der Waals surface area contributed by atoms with Gasteiger partial charge in [0.2, 0.25) is 0 Å². The lowest BCUT2D eigenvalue weighted by Crippen LogP contribution is -2.34. The summed E-state index contributed by atoms with van der Waals surface area (Å²) in [4.78, 5) is 13.2. The molecule has 2 nitrogen and oxygen atoms in total. The van der Waals surface area contributed by atoms with Gasteiger partial charge < -0.3 is 9.69 Å². The fourth-order valence-corrected chi connectivity index (χ4v) is 2.37. The Labute approximate surface area is 109 Å². The van der Waals surface area contributed by atoms with E-state index in [1.54, 1.807) is 6.07 Å². The second kappa shape index (κ2) is 6.64. The highest BCUT2D eigenvalue weighted by Gasteiger charge is 2.24. The van der Waals surface area contributed by atoms with E-state index in [0.717, 1.165) is 24.7 Å². The number of benzene rings is 1. The zero-order valence-corrected chi connectivity index (χ0v) is 11.4. The van der Waals surface area contributed by atoms with E-state index in [1.807, 2.05) is 20.0 Å². The van der Waals surface area contributed by atoms with Crippen LogP contribution in [0, 0.1) is 11.2 Å². The Morgan fingerprint density at radius 1 is 1.44 bits per heavy atom. The van der Waals surface area contributed by atoms with Gasteiger partial charge in [-0.05, 0) is 31.2 Å². The molecule has 0 bridgehead atoms. The Morgan fingerprint density at radius 2 is 2.17 bits per heavy atom. The molecule has 0 aromatic heterocycles. The third-order valence-corrected chi connectivity index (χ3v) is 3.08. The van der Waals surface area contributed by atoms with Crippen LogP contribution >= 0.6 is 0 Å². The first kappa shape index (κ1) is 14.8. The van der Waals surface area contributed by atoms with Gasteiger partial charge in [0, 0.05) is 18.5 Å². The van der Waals surface area contributed by atoms with E-state index in [0.29, 0.717) is 13.1 Å². The van der Waals surface area contributed by atoms with Gasteiger partial charge in [-0.1, -0.05) is 32.4 Å². The quantitative estimate of drug-likeness (QED) is 0.693. The van der Waals surface area contributed by atoms with Crippen molar-refractivity contribution in [3.8, 4) is 0 Å². The van der Waals surface area contributed by atoms with Crippen LogP contribution in [0.3, 0.4) is 0 Å². The average molecular weight is 251 g/mol. The van der Waals surface area contributed by atoms with Gasteiger partial charge >= 0.3 is 0 Å². The van der Waals surface area contributed by atoms with Crippen LogP contribution in [0.2, 0.25) is 0 Å². The normalized spacial score (nSPS) is 14.5. The summed E-state index contributed by atoms with van der Waals surface area (Å²) >= 11 is 0. The standard InChI is InChI=1S/C15H22FNO/c1-4-8-15(2,12-18)11-17(3)10-13-6-5-7-14(16)9-13/h5-7,9,12H,4,8,10-11H2,1-3H3. The summed E-state index contributed by atoms with van der Waals surface area (Å²) in [6.07, 6.45) is 2.91. The highest BCUT2D eigenvalue weighted by atomic mass is 19.1. The number of nitrogens with zero attached hydrogens (tertiary/aromatic N) is 1. The lowest BCUT2D eigenvalue weighted by molar-refractivity contribution is -0.116. The molecule has 3 heteroatoms. The smallest absolute Gasteiger partial charge is 0.127 e. The first-order valence-electron chi connectivity index (χ1n) is 6.38. The van der Waals surface area contributed by atoms with Crippen molar-refractivity contribution in [3.63, 3.8) is 0 Å². The van der Waals surface area contributed by atoms with E-state index in [1.165, 1.54) is 12.1 Å². The molecule has 0 radical (unpaired) electrons. The fraction of sp³-hybridized carbons (Fsp3) is 0.533. The second-order valence-electron chi connectivity index (χ2n) is 5.32. The third kappa shape index (κ3) is 4.57. The van der Waals surface area contributed by atoms with Crippen LogP contribution in [0.15, 0.2) is 24.3 Å². The molecule has 1 aromatic carbocycles. The maximum Gasteiger partial charge on any atom is 0.127 e. The Balaban J connectivity index is 2.60. The minimum absolute atomic E-state index is 0.215. The van der Waals surface area contributed by atoms with Crippen LogP contribution < -0.4 is 0 Å². The molecule has 1 unspecified atom stereocenters. The van der Waals surface area contributed by atoms with Crippen molar-refractivity contribution in [1.82, 2.24) is 4.90 Å². The van der Waals surface area contributed by atoms with E-state index in [2.05, 4.69) is 11.8 Å². The summed E-state index contributed by atoms with van der Waals surface area (Å²) in [5.74, 6) is -0.215. The molecule has 18 heavy (non-hydrogen) atoms. The fourth-order valence-electron chi connectivity index (χ4n) is 2.37. The number of hydrogen-bond acceptors (Lipinski definition) is 2.